The minimum absolute atomic E-state index is 0.119. The lowest BCUT2D eigenvalue weighted by Crippen LogP contribution is -2.43. The van der Waals surface area contributed by atoms with Crippen molar-refractivity contribution in [2.24, 2.45) is 0 Å². The lowest BCUT2D eigenvalue weighted by atomic mass is 10.1. The highest BCUT2D eigenvalue weighted by Crippen LogP contribution is 2.33. The van der Waals surface area contributed by atoms with Crippen molar-refractivity contribution in [3.63, 3.8) is 0 Å². The molecule has 1 aromatic carbocycles. The van der Waals surface area contributed by atoms with Gasteiger partial charge in [-0.2, -0.15) is 5.26 Å². The molecule has 0 aliphatic carbocycles. The zero-order valence-electron chi connectivity index (χ0n) is 14.8. The average Bonchev–Trinajstić information content (AvgIpc) is 3.00. The zero-order valence-corrected chi connectivity index (χ0v) is 15.6. The molecule has 2 heterocycles. The highest BCUT2D eigenvalue weighted by molar-refractivity contribution is 7.21. The number of rotatable bonds is 6. The number of morpholine rings is 1. The van der Waals surface area contributed by atoms with Crippen LogP contribution < -0.4 is 0 Å². The van der Waals surface area contributed by atoms with Gasteiger partial charge in [0.15, 0.2) is 0 Å². The van der Waals surface area contributed by atoms with Crippen LogP contribution in [0.15, 0.2) is 18.2 Å². The van der Waals surface area contributed by atoms with Crippen molar-refractivity contribution >= 4 is 27.3 Å². The van der Waals surface area contributed by atoms with Crippen LogP contribution in [0.25, 0.3) is 10.1 Å². The van der Waals surface area contributed by atoms with E-state index in [1.54, 1.807) is 17.9 Å². The molecule has 138 valence electrons. The number of aryl methyl sites for hydroxylation is 1. The van der Waals surface area contributed by atoms with Crippen LogP contribution in [0.2, 0.25) is 0 Å². The van der Waals surface area contributed by atoms with Gasteiger partial charge < -0.3 is 9.64 Å². The van der Waals surface area contributed by atoms with Gasteiger partial charge >= 0.3 is 0 Å². The Kier molecular flexibility index (Phi) is 6.20. The van der Waals surface area contributed by atoms with Gasteiger partial charge in [-0.25, -0.2) is 4.39 Å². The predicted octanol–water partition coefficient (Wildman–Crippen LogP) is 3.04. The number of amides is 1. The van der Waals surface area contributed by atoms with E-state index >= 15 is 0 Å². The molecular formula is C19H22FN3O2S. The summed E-state index contributed by atoms with van der Waals surface area (Å²) in [5.74, 6) is -0.418. The molecule has 0 bridgehead atoms. The van der Waals surface area contributed by atoms with Crippen molar-refractivity contribution in [1.82, 2.24) is 9.80 Å². The van der Waals surface area contributed by atoms with Crippen molar-refractivity contribution in [2.45, 2.75) is 13.3 Å². The summed E-state index contributed by atoms with van der Waals surface area (Å²) in [5, 5.41) is 9.45. The Labute approximate surface area is 156 Å². The SMILES string of the molecule is Cc1c(C(=O)N(CCC#N)CCN2CCOCC2)sc2cccc(F)c12. The van der Waals surface area contributed by atoms with E-state index in [1.807, 2.05) is 6.07 Å². The molecule has 2 aromatic rings. The van der Waals surface area contributed by atoms with Gasteiger partial charge in [0.1, 0.15) is 5.82 Å². The molecule has 1 fully saturated rings. The number of hydrogen-bond acceptors (Lipinski definition) is 5. The molecule has 1 amide bonds. The van der Waals surface area contributed by atoms with Crippen LogP contribution in [0.1, 0.15) is 21.7 Å². The maximum Gasteiger partial charge on any atom is 0.264 e. The fourth-order valence-corrected chi connectivity index (χ4v) is 4.38. The topological polar surface area (TPSA) is 56.6 Å². The predicted molar refractivity (Wildman–Crippen MR) is 99.9 cm³/mol. The van der Waals surface area contributed by atoms with Crippen LogP contribution >= 0.6 is 11.3 Å². The number of nitrogens with zero attached hydrogens (tertiary/aromatic N) is 3. The Morgan fingerprint density at radius 3 is 2.85 bits per heavy atom. The van der Waals surface area contributed by atoms with Crippen molar-refractivity contribution in [1.29, 1.82) is 5.26 Å². The molecule has 0 N–H and O–H groups in total. The lowest BCUT2D eigenvalue weighted by molar-refractivity contribution is 0.0326. The molecule has 0 unspecified atom stereocenters. The summed E-state index contributed by atoms with van der Waals surface area (Å²) in [7, 11) is 0. The van der Waals surface area contributed by atoms with E-state index < -0.39 is 0 Å². The fourth-order valence-electron chi connectivity index (χ4n) is 3.19. The van der Waals surface area contributed by atoms with Crippen LogP contribution in [-0.4, -0.2) is 61.6 Å². The maximum atomic E-state index is 14.1. The normalized spacial score (nSPS) is 15.1. The number of nitriles is 1. The number of benzene rings is 1. The van der Waals surface area contributed by atoms with Gasteiger partial charge in [0.2, 0.25) is 0 Å². The first-order valence-electron chi connectivity index (χ1n) is 8.75. The number of hydrogen-bond donors (Lipinski definition) is 0. The number of halogens is 1. The summed E-state index contributed by atoms with van der Waals surface area (Å²) in [4.78, 5) is 17.6. The Morgan fingerprint density at radius 1 is 1.38 bits per heavy atom. The molecule has 0 radical (unpaired) electrons. The summed E-state index contributed by atoms with van der Waals surface area (Å²) in [5.41, 5.74) is 0.682. The van der Waals surface area contributed by atoms with Gasteiger partial charge in [-0.15, -0.1) is 11.3 Å². The van der Waals surface area contributed by atoms with Gasteiger partial charge in [-0.3, -0.25) is 9.69 Å². The molecule has 1 aliphatic heterocycles. The number of thiophene rings is 1. The van der Waals surface area contributed by atoms with E-state index in [0.717, 1.165) is 24.3 Å². The van der Waals surface area contributed by atoms with Crippen LogP contribution in [-0.2, 0) is 4.74 Å². The molecule has 3 rings (SSSR count). The van der Waals surface area contributed by atoms with E-state index in [-0.39, 0.29) is 18.1 Å². The number of carbonyl (C=O) groups excluding carboxylic acids is 1. The van der Waals surface area contributed by atoms with Crippen molar-refractivity contribution in [3.8, 4) is 6.07 Å². The van der Waals surface area contributed by atoms with Gasteiger partial charge in [0, 0.05) is 42.8 Å². The minimum atomic E-state index is -0.299. The summed E-state index contributed by atoms with van der Waals surface area (Å²) in [6.07, 6.45) is 0.285. The first kappa shape index (κ1) is 18.8. The van der Waals surface area contributed by atoms with Gasteiger partial charge in [-0.05, 0) is 24.6 Å². The van der Waals surface area contributed by atoms with Crippen LogP contribution in [0.4, 0.5) is 4.39 Å². The fraction of sp³-hybridized carbons (Fsp3) is 0.474. The number of carbonyl (C=O) groups is 1. The quantitative estimate of drug-likeness (QED) is 0.779. The van der Waals surface area contributed by atoms with E-state index in [4.69, 9.17) is 10.00 Å². The summed E-state index contributed by atoms with van der Waals surface area (Å²) in [6, 6.07) is 7.02. The molecule has 1 aromatic heterocycles. The third-order valence-corrected chi connectivity index (χ3v) is 5.91. The van der Waals surface area contributed by atoms with Crippen molar-refractivity contribution < 1.29 is 13.9 Å². The Balaban J connectivity index is 1.79. The maximum absolute atomic E-state index is 14.1. The second-order valence-electron chi connectivity index (χ2n) is 6.32. The first-order chi connectivity index (χ1) is 12.6. The van der Waals surface area contributed by atoms with E-state index in [1.165, 1.54) is 17.4 Å². The average molecular weight is 375 g/mol. The molecule has 0 saturated carbocycles. The monoisotopic (exact) mass is 375 g/mol. The lowest BCUT2D eigenvalue weighted by Gasteiger charge is -2.29. The highest BCUT2D eigenvalue weighted by atomic mass is 32.1. The third kappa shape index (κ3) is 4.04. The second kappa shape index (κ2) is 8.58. The first-order valence-corrected chi connectivity index (χ1v) is 9.57. The molecule has 1 aliphatic rings. The third-order valence-electron chi connectivity index (χ3n) is 4.67. The summed E-state index contributed by atoms with van der Waals surface area (Å²) >= 11 is 1.32. The standard InChI is InChI=1S/C19H22FN3O2S/c1-14-17-15(20)4-2-5-16(17)26-18(14)19(24)23(7-3-6-21)9-8-22-10-12-25-13-11-22/h2,4-5H,3,7-13H2,1H3. The molecule has 26 heavy (non-hydrogen) atoms. The molecule has 0 spiro atoms. The van der Waals surface area contributed by atoms with E-state index in [9.17, 15) is 9.18 Å². The Bertz CT molecular complexity index is 824. The molecule has 5 nitrogen and oxygen atoms in total. The van der Waals surface area contributed by atoms with Crippen LogP contribution in [0.5, 0.6) is 0 Å². The second-order valence-corrected chi connectivity index (χ2v) is 7.38. The Hall–Kier alpha value is -2.01. The van der Waals surface area contributed by atoms with E-state index in [0.29, 0.717) is 42.1 Å². The number of ether oxygens (including phenoxy) is 1. The van der Waals surface area contributed by atoms with Gasteiger partial charge in [-0.1, -0.05) is 6.07 Å². The zero-order chi connectivity index (χ0) is 18.5. The minimum Gasteiger partial charge on any atom is -0.379 e. The number of fused-ring (bicyclic) bond motifs is 1. The molecule has 1 saturated heterocycles. The Morgan fingerprint density at radius 2 is 2.15 bits per heavy atom. The molecule has 7 heteroatoms. The van der Waals surface area contributed by atoms with Crippen molar-refractivity contribution in [3.05, 3.63) is 34.5 Å². The van der Waals surface area contributed by atoms with Crippen molar-refractivity contribution in [2.75, 3.05) is 45.9 Å². The van der Waals surface area contributed by atoms with Crippen LogP contribution in [0, 0.1) is 24.1 Å². The summed E-state index contributed by atoms with van der Waals surface area (Å²) in [6.45, 7) is 6.60. The largest absolute Gasteiger partial charge is 0.379 e. The summed E-state index contributed by atoms with van der Waals surface area (Å²) < 4.78 is 20.3. The van der Waals surface area contributed by atoms with Crippen LogP contribution in [0.3, 0.4) is 0 Å². The molecule has 0 atom stereocenters. The van der Waals surface area contributed by atoms with Gasteiger partial charge in [0.25, 0.3) is 5.91 Å². The van der Waals surface area contributed by atoms with Gasteiger partial charge in [0.05, 0.1) is 30.6 Å². The molecular weight excluding hydrogens is 353 g/mol. The highest BCUT2D eigenvalue weighted by Gasteiger charge is 2.23. The smallest absolute Gasteiger partial charge is 0.264 e. The van der Waals surface area contributed by atoms with E-state index in [2.05, 4.69) is 11.0 Å².